The maximum atomic E-state index is 5.69. The summed E-state index contributed by atoms with van der Waals surface area (Å²) in [6.45, 7) is 4.71. The topological polar surface area (TPSA) is 47.3 Å². The number of nitrogens with two attached hydrogens (primary N) is 1. The van der Waals surface area contributed by atoms with Gasteiger partial charge in [-0.05, 0) is 26.0 Å². The summed E-state index contributed by atoms with van der Waals surface area (Å²) in [6.07, 6.45) is 0. The highest BCUT2D eigenvalue weighted by atomic mass is 32.1. The van der Waals surface area contributed by atoms with Gasteiger partial charge >= 0.3 is 0 Å². The van der Waals surface area contributed by atoms with Crippen molar-refractivity contribution >= 4 is 22.9 Å². The predicted octanol–water partition coefficient (Wildman–Crippen LogP) is 2.08. The molecule has 3 nitrogen and oxygen atoms in total. The average molecular weight is 238 g/mol. The van der Waals surface area contributed by atoms with Crippen LogP contribution < -0.4 is 11.1 Å². The number of nitrogens with one attached hydrogen (secondary N) is 1. The molecule has 0 amide bonds. The number of methoxy groups -OCH3 is 1. The summed E-state index contributed by atoms with van der Waals surface area (Å²) < 4.78 is 5.07. The Bertz CT molecular complexity index is 379. The summed E-state index contributed by atoms with van der Waals surface area (Å²) >= 11 is 5.03. The first-order valence-electron chi connectivity index (χ1n) is 5.20. The molecular formula is C12H18N2OS. The van der Waals surface area contributed by atoms with E-state index in [-0.39, 0.29) is 6.04 Å². The first kappa shape index (κ1) is 12.9. The summed E-state index contributed by atoms with van der Waals surface area (Å²) in [4.78, 5) is 0.413. The van der Waals surface area contributed by atoms with E-state index in [4.69, 9.17) is 22.7 Å². The van der Waals surface area contributed by atoms with Gasteiger partial charge in [0.2, 0.25) is 0 Å². The minimum atomic E-state index is 0.223. The maximum Gasteiger partial charge on any atom is 0.106 e. The van der Waals surface area contributed by atoms with E-state index < -0.39 is 0 Å². The Balaban J connectivity index is 2.90. The fourth-order valence-electron chi connectivity index (χ4n) is 1.54. The molecule has 0 fully saturated rings. The molecule has 0 aromatic heterocycles. The smallest absolute Gasteiger partial charge is 0.106 e. The van der Waals surface area contributed by atoms with Crippen LogP contribution in [0.4, 0.5) is 5.69 Å². The molecule has 0 saturated carbocycles. The molecular weight excluding hydrogens is 220 g/mol. The van der Waals surface area contributed by atoms with Gasteiger partial charge in [-0.1, -0.05) is 23.8 Å². The highest BCUT2D eigenvalue weighted by Gasteiger charge is 2.08. The Morgan fingerprint density at radius 1 is 1.56 bits per heavy atom. The Hall–Kier alpha value is -1.13. The summed E-state index contributed by atoms with van der Waals surface area (Å²) in [7, 11) is 1.68. The molecule has 0 bridgehead atoms. The molecule has 0 saturated heterocycles. The summed E-state index contributed by atoms with van der Waals surface area (Å²) in [5, 5.41) is 3.33. The van der Waals surface area contributed by atoms with Crippen molar-refractivity contribution in [2.45, 2.75) is 19.9 Å². The molecule has 88 valence electrons. The molecule has 0 heterocycles. The van der Waals surface area contributed by atoms with Crippen LogP contribution in [-0.2, 0) is 4.74 Å². The van der Waals surface area contributed by atoms with Crippen LogP contribution in [0, 0.1) is 6.92 Å². The van der Waals surface area contributed by atoms with Crippen molar-refractivity contribution in [3.05, 3.63) is 29.3 Å². The van der Waals surface area contributed by atoms with E-state index in [1.54, 1.807) is 7.11 Å². The lowest BCUT2D eigenvalue weighted by atomic mass is 10.1. The summed E-state index contributed by atoms with van der Waals surface area (Å²) in [6, 6.07) is 6.24. The fourth-order valence-corrected chi connectivity index (χ4v) is 1.71. The van der Waals surface area contributed by atoms with Gasteiger partial charge in [-0.25, -0.2) is 0 Å². The van der Waals surface area contributed by atoms with Crippen LogP contribution in [0.2, 0.25) is 0 Å². The monoisotopic (exact) mass is 238 g/mol. The standard InChI is InChI=1S/C12H18N2OS/c1-8-4-5-11(10(6-8)12(13)16)14-9(2)7-15-3/h4-6,9,14H,7H2,1-3H3,(H2,13,16). The lowest BCUT2D eigenvalue weighted by Crippen LogP contribution is -2.23. The third-order valence-corrected chi connectivity index (χ3v) is 2.48. The minimum absolute atomic E-state index is 0.223. The van der Waals surface area contributed by atoms with E-state index >= 15 is 0 Å². The van der Waals surface area contributed by atoms with Crippen LogP contribution in [0.1, 0.15) is 18.1 Å². The Morgan fingerprint density at radius 2 is 2.25 bits per heavy atom. The number of hydrogen-bond donors (Lipinski definition) is 2. The summed E-state index contributed by atoms with van der Waals surface area (Å²) in [5.74, 6) is 0. The van der Waals surface area contributed by atoms with Crippen molar-refractivity contribution < 1.29 is 4.74 Å². The number of ether oxygens (including phenoxy) is 1. The summed E-state index contributed by atoms with van der Waals surface area (Å²) in [5.41, 5.74) is 8.69. The lowest BCUT2D eigenvalue weighted by molar-refractivity contribution is 0.190. The average Bonchev–Trinajstić information content (AvgIpc) is 2.20. The molecule has 0 aliphatic carbocycles. The molecule has 1 atom stereocenters. The molecule has 0 radical (unpaired) electrons. The van der Waals surface area contributed by atoms with Crippen LogP contribution >= 0.6 is 12.2 Å². The normalized spacial score (nSPS) is 12.2. The van der Waals surface area contributed by atoms with Gasteiger partial charge in [0, 0.05) is 24.4 Å². The van der Waals surface area contributed by atoms with Crippen molar-refractivity contribution in [2.24, 2.45) is 5.73 Å². The maximum absolute atomic E-state index is 5.69. The van der Waals surface area contributed by atoms with Gasteiger partial charge in [0.25, 0.3) is 0 Å². The Morgan fingerprint density at radius 3 is 2.81 bits per heavy atom. The van der Waals surface area contributed by atoms with E-state index in [0.29, 0.717) is 11.6 Å². The highest BCUT2D eigenvalue weighted by molar-refractivity contribution is 7.80. The zero-order valence-corrected chi connectivity index (χ0v) is 10.7. The molecule has 1 aromatic rings. The van der Waals surface area contributed by atoms with Crippen molar-refractivity contribution in [3.63, 3.8) is 0 Å². The first-order valence-corrected chi connectivity index (χ1v) is 5.61. The largest absolute Gasteiger partial charge is 0.389 e. The zero-order valence-electron chi connectivity index (χ0n) is 9.91. The highest BCUT2D eigenvalue weighted by Crippen LogP contribution is 2.18. The van der Waals surface area contributed by atoms with E-state index in [1.807, 2.05) is 32.0 Å². The van der Waals surface area contributed by atoms with E-state index in [1.165, 1.54) is 0 Å². The molecule has 1 rings (SSSR count). The van der Waals surface area contributed by atoms with Crippen molar-refractivity contribution in [1.82, 2.24) is 0 Å². The second kappa shape index (κ2) is 5.82. The molecule has 1 aromatic carbocycles. The number of thiocarbonyl (C=S) groups is 1. The van der Waals surface area contributed by atoms with E-state index in [2.05, 4.69) is 5.32 Å². The Labute approximate surface area is 102 Å². The van der Waals surface area contributed by atoms with Gasteiger partial charge in [0.05, 0.1) is 6.61 Å². The molecule has 16 heavy (non-hydrogen) atoms. The number of anilines is 1. The fraction of sp³-hybridized carbons (Fsp3) is 0.417. The number of benzene rings is 1. The number of hydrogen-bond acceptors (Lipinski definition) is 3. The predicted molar refractivity (Wildman–Crippen MR) is 72.0 cm³/mol. The quantitative estimate of drug-likeness (QED) is 0.771. The van der Waals surface area contributed by atoms with E-state index in [9.17, 15) is 0 Å². The number of aryl methyl sites for hydroxylation is 1. The van der Waals surface area contributed by atoms with E-state index in [0.717, 1.165) is 16.8 Å². The second-order valence-electron chi connectivity index (χ2n) is 3.91. The van der Waals surface area contributed by atoms with Gasteiger partial charge in [0.1, 0.15) is 4.99 Å². The van der Waals surface area contributed by atoms with Gasteiger partial charge in [-0.3, -0.25) is 0 Å². The van der Waals surface area contributed by atoms with Crippen molar-refractivity contribution in [3.8, 4) is 0 Å². The molecule has 0 spiro atoms. The SMILES string of the molecule is COCC(C)Nc1ccc(C)cc1C(N)=S. The lowest BCUT2D eigenvalue weighted by Gasteiger charge is -2.17. The van der Waals surface area contributed by atoms with Gasteiger partial charge in [-0.15, -0.1) is 0 Å². The van der Waals surface area contributed by atoms with Crippen molar-refractivity contribution in [2.75, 3.05) is 19.0 Å². The van der Waals surface area contributed by atoms with Crippen LogP contribution in [0.5, 0.6) is 0 Å². The molecule has 0 aliphatic rings. The second-order valence-corrected chi connectivity index (χ2v) is 4.35. The minimum Gasteiger partial charge on any atom is -0.389 e. The number of rotatable bonds is 5. The molecule has 3 N–H and O–H groups in total. The third kappa shape index (κ3) is 3.47. The molecule has 1 unspecified atom stereocenters. The Kier molecular flexibility index (Phi) is 4.71. The van der Waals surface area contributed by atoms with Gasteiger partial charge < -0.3 is 15.8 Å². The van der Waals surface area contributed by atoms with Crippen LogP contribution in [0.25, 0.3) is 0 Å². The van der Waals surface area contributed by atoms with Crippen LogP contribution in [-0.4, -0.2) is 24.7 Å². The first-order chi connectivity index (χ1) is 7.54. The molecule has 0 aliphatic heterocycles. The molecule has 4 heteroatoms. The van der Waals surface area contributed by atoms with Crippen LogP contribution in [0.3, 0.4) is 0 Å². The van der Waals surface area contributed by atoms with Crippen LogP contribution in [0.15, 0.2) is 18.2 Å². The van der Waals surface area contributed by atoms with Gasteiger partial charge in [0.15, 0.2) is 0 Å². The van der Waals surface area contributed by atoms with Crippen molar-refractivity contribution in [1.29, 1.82) is 0 Å². The van der Waals surface area contributed by atoms with Gasteiger partial charge in [-0.2, -0.15) is 0 Å². The third-order valence-electron chi connectivity index (χ3n) is 2.26. The zero-order chi connectivity index (χ0) is 12.1.